The third-order valence-electron chi connectivity index (χ3n) is 3.80. The standard InChI is InChI=1S/C12H17N5O3S/c1-10-12(9-20-14-10)21(18,19)16-6-2-3-11(4-7-16)17-8-5-13-15-17/h5,8-9,11H,2-4,6-7H2,1H3. The van der Waals surface area contributed by atoms with Crippen LogP contribution in [0.1, 0.15) is 31.0 Å². The van der Waals surface area contributed by atoms with Gasteiger partial charge < -0.3 is 4.52 Å². The highest BCUT2D eigenvalue weighted by Crippen LogP contribution is 2.26. The Morgan fingerprint density at radius 3 is 2.86 bits per heavy atom. The molecular formula is C12H17N5O3S. The molecule has 0 aromatic carbocycles. The summed E-state index contributed by atoms with van der Waals surface area (Å²) in [5, 5.41) is 11.5. The normalized spacial score (nSPS) is 21.3. The first-order valence-corrected chi connectivity index (χ1v) is 8.30. The fourth-order valence-electron chi connectivity index (χ4n) is 2.64. The molecule has 1 atom stereocenters. The van der Waals surface area contributed by atoms with Crippen LogP contribution in [-0.4, -0.2) is 46.0 Å². The van der Waals surface area contributed by atoms with Gasteiger partial charge in [0.1, 0.15) is 16.9 Å². The molecule has 0 N–H and O–H groups in total. The van der Waals surface area contributed by atoms with E-state index in [1.807, 2.05) is 6.20 Å². The van der Waals surface area contributed by atoms with Gasteiger partial charge in [0.25, 0.3) is 0 Å². The Hall–Kier alpha value is -1.74. The lowest BCUT2D eigenvalue weighted by Gasteiger charge is -2.19. The zero-order valence-electron chi connectivity index (χ0n) is 11.7. The van der Waals surface area contributed by atoms with E-state index in [9.17, 15) is 8.42 Å². The molecule has 8 nitrogen and oxygen atoms in total. The van der Waals surface area contributed by atoms with Gasteiger partial charge in [0, 0.05) is 19.3 Å². The van der Waals surface area contributed by atoms with Gasteiger partial charge >= 0.3 is 0 Å². The Bertz CT molecular complexity index is 694. The number of aromatic nitrogens is 4. The van der Waals surface area contributed by atoms with Crippen molar-refractivity contribution < 1.29 is 12.9 Å². The van der Waals surface area contributed by atoms with Crippen LogP contribution in [0.15, 0.2) is 28.1 Å². The lowest BCUT2D eigenvalue weighted by molar-refractivity contribution is 0.385. The maximum Gasteiger partial charge on any atom is 0.248 e. The van der Waals surface area contributed by atoms with Crippen LogP contribution in [0.4, 0.5) is 0 Å². The Morgan fingerprint density at radius 1 is 1.33 bits per heavy atom. The highest BCUT2D eigenvalue weighted by molar-refractivity contribution is 7.89. The molecule has 1 saturated heterocycles. The number of nitrogens with zero attached hydrogens (tertiary/aromatic N) is 5. The minimum atomic E-state index is -3.53. The summed E-state index contributed by atoms with van der Waals surface area (Å²) < 4.78 is 33.3. The van der Waals surface area contributed by atoms with Gasteiger partial charge in [0.15, 0.2) is 0 Å². The van der Waals surface area contributed by atoms with Crippen LogP contribution in [0.5, 0.6) is 0 Å². The van der Waals surface area contributed by atoms with Crippen molar-refractivity contribution in [1.29, 1.82) is 0 Å². The molecule has 1 fully saturated rings. The van der Waals surface area contributed by atoms with Crippen molar-refractivity contribution in [3.8, 4) is 0 Å². The van der Waals surface area contributed by atoms with Gasteiger partial charge in [-0.3, -0.25) is 0 Å². The summed E-state index contributed by atoms with van der Waals surface area (Å²) >= 11 is 0. The molecule has 2 aromatic heterocycles. The second-order valence-corrected chi connectivity index (χ2v) is 7.04. The van der Waals surface area contributed by atoms with Crippen LogP contribution in [0.25, 0.3) is 0 Å². The van der Waals surface area contributed by atoms with E-state index in [2.05, 4.69) is 15.5 Å². The summed E-state index contributed by atoms with van der Waals surface area (Å²) in [6.45, 7) is 2.59. The third-order valence-corrected chi connectivity index (χ3v) is 5.79. The van der Waals surface area contributed by atoms with E-state index >= 15 is 0 Å². The molecule has 21 heavy (non-hydrogen) atoms. The molecule has 1 aliphatic rings. The zero-order chi connectivity index (χ0) is 14.9. The van der Waals surface area contributed by atoms with E-state index in [0.717, 1.165) is 12.8 Å². The summed E-state index contributed by atoms with van der Waals surface area (Å²) in [7, 11) is -3.53. The molecule has 3 heterocycles. The van der Waals surface area contributed by atoms with Crippen molar-refractivity contribution in [1.82, 2.24) is 24.5 Å². The van der Waals surface area contributed by atoms with E-state index in [1.165, 1.54) is 10.6 Å². The minimum Gasteiger partial charge on any atom is -0.363 e. The smallest absolute Gasteiger partial charge is 0.248 e. The Balaban J connectivity index is 1.77. The maximum absolute atomic E-state index is 12.6. The highest BCUT2D eigenvalue weighted by Gasteiger charge is 2.30. The lowest BCUT2D eigenvalue weighted by Crippen LogP contribution is -2.32. The number of hydrogen-bond donors (Lipinski definition) is 0. The van der Waals surface area contributed by atoms with Crippen LogP contribution in [0.3, 0.4) is 0 Å². The third kappa shape index (κ3) is 2.70. The van der Waals surface area contributed by atoms with Crippen molar-refractivity contribution in [3.63, 3.8) is 0 Å². The van der Waals surface area contributed by atoms with Crippen LogP contribution in [-0.2, 0) is 10.0 Å². The highest BCUT2D eigenvalue weighted by atomic mass is 32.2. The molecule has 3 rings (SSSR count). The average molecular weight is 311 g/mol. The van der Waals surface area contributed by atoms with E-state index in [4.69, 9.17) is 4.52 Å². The second-order valence-electron chi connectivity index (χ2n) is 5.14. The first-order valence-electron chi connectivity index (χ1n) is 6.86. The first-order chi connectivity index (χ1) is 10.1. The van der Waals surface area contributed by atoms with Gasteiger partial charge in [0.05, 0.1) is 12.2 Å². The predicted molar refractivity (Wildman–Crippen MR) is 72.9 cm³/mol. The van der Waals surface area contributed by atoms with Crippen LogP contribution < -0.4 is 0 Å². The van der Waals surface area contributed by atoms with Gasteiger partial charge in [-0.1, -0.05) is 10.4 Å². The van der Waals surface area contributed by atoms with Crippen molar-refractivity contribution in [2.75, 3.05) is 13.1 Å². The maximum atomic E-state index is 12.6. The predicted octanol–water partition coefficient (Wildman–Crippen LogP) is 0.990. The monoisotopic (exact) mass is 311 g/mol. The molecule has 0 amide bonds. The summed E-state index contributed by atoms with van der Waals surface area (Å²) in [4.78, 5) is 0.154. The number of aryl methyl sites for hydroxylation is 1. The van der Waals surface area contributed by atoms with Crippen molar-refractivity contribution >= 4 is 10.0 Å². The van der Waals surface area contributed by atoms with Crippen molar-refractivity contribution in [2.24, 2.45) is 0 Å². The summed E-state index contributed by atoms with van der Waals surface area (Å²) in [6, 6.07) is 0.191. The van der Waals surface area contributed by atoms with Gasteiger partial charge in [0.2, 0.25) is 10.0 Å². The van der Waals surface area contributed by atoms with E-state index in [-0.39, 0.29) is 10.9 Å². The van der Waals surface area contributed by atoms with Gasteiger partial charge in [-0.25, -0.2) is 13.1 Å². The average Bonchev–Trinajstić information content (AvgIpc) is 3.06. The molecule has 0 spiro atoms. The number of hydrogen-bond acceptors (Lipinski definition) is 6. The lowest BCUT2D eigenvalue weighted by atomic mass is 10.1. The molecule has 0 saturated carbocycles. The minimum absolute atomic E-state index is 0.154. The molecule has 0 aliphatic carbocycles. The van der Waals surface area contributed by atoms with Crippen molar-refractivity contribution in [2.45, 2.75) is 37.1 Å². The van der Waals surface area contributed by atoms with Crippen LogP contribution >= 0.6 is 0 Å². The molecule has 0 bridgehead atoms. The number of sulfonamides is 1. The van der Waals surface area contributed by atoms with E-state index in [0.29, 0.717) is 25.2 Å². The Morgan fingerprint density at radius 2 is 2.19 bits per heavy atom. The zero-order valence-corrected chi connectivity index (χ0v) is 12.5. The van der Waals surface area contributed by atoms with E-state index in [1.54, 1.807) is 17.8 Å². The quantitative estimate of drug-likeness (QED) is 0.839. The summed E-state index contributed by atoms with van der Waals surface area (Å²) in [5.74, 6) is 0. The summed E-state index contributed by atoms with van der Waals surface area (Å²) in [5.41, 5.74) is 0.395. The van der Waals surface area contributed by atoms with Gasteiger partial charge in [-0.2, -0.15) is 4.31 Å². The SMILES string of the molecule is Cc1nocc1S(=O)(=O)N1CCCC(n2ccnn2)CC1. The molecule has 2 aromatic rings. The second kappa shape index (κ2) is 5.57. The first kappa shape index (κ1) is 14.2. The summed E-state index contributed by atoms with van der Waals surface area (Å²) in [6.07, 6.45) is 7.04. The van der Waals surface area contributed by atoms with Crippen molar-refractivity contribution in [3.05, 3.63) is 24.4 Å². The molecule has 1 unspecified atom stereocenters. The topological polar surface area (TPSA) is 94.1 Å². The molecular weight excluding hydrogens is 294 g/mol. The Kier molecular flexibility index (Phi) is 3.77. The fourth-order valence-corrected chi connectivity index (χ4v) is 4.21. The van der Waals surface area contributed by atoms with E-state index < -0.39 is 10.0 Å². The van der Waals surface area contributed by atoms with Gasteiger partial charge in [-0.05, 0) is 26.2 Å². The Labute approximate surface area is 122 Å². The van der Waals surface area contributed by atoms with Gasteiger partial charge in [-0.15, -0.1) is 5.10 Å². The van der Waals surface area contributed by atoms with Crippen LogP contribution in [0, 0.1) is 6.92 Å². The fraction of sp³-hybridized carbons (Fsp3) is 0.583. The molecule has 114 valence electrons. The molecule has 9 heteroatoms. The van der Waals surface area contributed by atoms with Crippen LogP contribution in [0.2, 0.25) is 0 Å². The number of rotatable bonds is 3. The molecule has 1 aliphatic heterocycles. The largest absolute Gasteiger partial charge is 0.363 e. The molecule has 0 radical (unpaired) electrons.